The van der Waals surface area contributed by atoms with Crippen LogP contribution in [0.4, 0.5) is 0 Å². The van der Waals surface area contributed by atoms with Crippen LogP contribution in [0.3, 0.4) is 0 Å². The Bertz CT molecular complexity index is 423. The molecule has 0 bridgehead atoms. The van der Waals surface area contributed by atoms with Crippen LogP contribution in [-0.4, -0.2) is 18.4 Å². The van der Waals surface area contributed by atoms with E-state index in [1.165, 1.54) is 51.8 Å². The van der Waals surface area contributed by atoms with Gasteiger partial charge in [-0.15, -0.1) is 0 Å². The molecule has 0 aliphatic heterocycles. The van der Waals surface area contributed by atoms with Gasteiger partial charge in [0.1, 0.15) is 0 Å². The molecule has 0 aliphatic carbocycles. The van der Waals surface area contributed by atoms with E-state index in [2.05, 4.69) is 26.8 Å². The molecule has 3 heteroatoms. The molecule has 0 unspecified atom stereocenters. The van der Waals surface area contributed by atoms with Gasteiger partial charge in [-0.2, -0.15) is 0 Å². The van der Waals surface area contributed by atoms with E-state index < -0.39 is 18.4 Å². The van der Waals surface area contributed by atoms with Crippen LogP contribution >= 0.6 is 0 Å². The van der Waals surface area contributed by atoms with Gasteiger partial charge in [0, 0.05) is 0 Å². The standard InChI is InChI=1S/C9H9O.3C4H9.Li.Sn/c1-2-9(10)8-6-4-3-5-7-8;3*1-3-4-2;;/h2-7,10H,1H2;3*1,3-4H2,2H3;;/q;;;;+1;/p-1/b9-2-;;;;;. The number of rotatable bonds is 12. The molecule has 0 N–H and O–H groups in total. The van der Waals surface area contributed by atoms with Gasteiger partial charge in [0.15, 0.2) is 0 Å². The molecule has 0 fully saturated rings. The maximum atomic E-state index is 12.5. The first kappa shape index (κ1) is 24.2. The van der Waals surface area contributed by atoms with Gasteiger partial charge in [-0.25, -0.2) is 0 Å². The fourth-order valence-electron chi connectivity index (χ4n) is 3.37. The molecule has 0 aliphatic rings. The molecular formula is C21H35LiOSn. The van der Waals surface area contributed by atoms with Crippen molar-refractivity contribution in [2.24, 2.45) is 0 Å². The smallest absolute Gasteiger partial charge is 1.00 e. The minimum Gasteiger partial charge on any atom is 1.00 e. The van der Waals surface area contributed by atoms with Crippen LogP contribution in [0.1, 0.15) is 64.9 Å². The summed E-state index contributed by atoms with van der Waals surface area (Å²) in [6, 6.07) is 9.79. The fraction of sp³-hybridized carbons (Fsp3) is 0.619. The molecule has 0 aromatic heterocycles. The predicted molar refractivity (Wildman–Crippen MR) is 104 cm³/mol. The van der Waals surface area contributed by atoms with Crippen molar-refractivity contribution in [2.75, 3.05) is 0 Å². The van der Waals surface area contributed by atoms with Gasteiger partial charge < -0.3 is 0 Å². The van der Waals surface area contributed by atoms with Crippen LogP contribution in [0.2, 0.25) is 17.7 Å². The van der Waals surface area contributed by atoms with Gasteiger partial charge in [0.05, 0.1) is 0 Å². The van der Waals surface area contributed by atoms with Crippen molar-refractivity contribution in [3.05, 3.63) is 42.0 Å². The molecule has 0 heterocycles. The molecule has 0 saturated heterocycles. The van der Waals surface area contributed by atoms with E-state index in [0.717, 1.165) is 10.0 Å². The molecule has 0 amide bonds. The van der Waals surface area contributed by atoms with Crippen molar-refractivity contribution in [3.63, 3.8) is 0 Å². The largest absolute Gasteiger partial charge is 1.00 e. The summed E-state index contributed by atoms with van der Waals surface area (Å²) in [4.78, 5) is 0. The Morgan fingerprint density at radius 1 is 0.875 bits per heavy atom. The molecule has 0 atom stereocenters. The Hall–Kier alpha value is 0.156. The van der Waals surface area contributed by atoms with Crippen molar-refractivity contribution >= 4 is 24.1 Å². The molecule has 24 heavy (non-hydrogen) atoms. The Labute approximate surface area is 166 Å². The third-order valence-corrected chi connectivity index (χ3v) is 20.1. The molecule has 1 nitrogen and oxygen atoms in total. The van der Waals surface area contributed by atoms with Crippen LogP contribution in [0.15, 0.2) is 36.4 Å². The summed E-state index contributed by atoms with van der Waals surface area (Å²) < 4.78 is 5.58. The number of benzene rings is 1. The number of hydrogen-bond donors (Lipinski definition) is 0. The monoisotopic (exact) mass is 430 g/mol. The van der Waals surface area contributed by atoms with Crippen LogP contribution in [-0.2, 0) is 0 Å². The molecule has 0 saturated carbocycles. The van der Waals surface area contributed by atoms with Gasteiger partial charge in [-0.3, -0.25) is 0 Å². The van der Waals surface area contributed by atoms with Crippen molar-refractivity contribution in [3.8, 4) is 0 Å². The maximum absolute atomic E-state index is 12.5. The summed E-state index contributed by atoms with van der Waals surface area (Å²) >= 11 is -2.19. The summed E-state index contributed by atoms with van der Waals surface area (Å²) in [7, 11) is 0. The minimum absolute atomic E-state index is 0. The summed E-state index contributed by atoms with van der Waals surface area (Å²) in [5, 5.41) is 12.5. The van der Waals surface area contributed by atoms with Gasteiger partial charge in [-0.1, -0.05) is 0 Å². The van der Waals surface area contributed by atoms with Crippen molar-refractivity contribution in [2.45, 2.75) is 77.0 Å². The van der Waals surface area contributed by atoms with Crippen LogP contribution < -0.4 is 24.0 Å². The Kier molecular flexibility index (Phi) is 14.4. The van der Waals surface area contributed by atoms with E-state index >= 15 is 0 Å². The Morgan fingerprint density at radius 3 is 1.75 bits per heavy atom. The maximum Gasteiger partial charge on any atom is 1.00 e. The van der Waals surface area contributed by atoms with E-state index in [0.29, 0.717) is 0 Å². The summed E-state index contributed by atoms with van der Waals surface area (Å²) in [5.41, 5.74) is 0.856. The molecule has 1 aromatic carbocycles. The van der Waals surface area contributed by atoms with Crippen LogP contribution in [0, 0.1) is 0 Å². The Balaban J connectivity index is 0.00000529. The third kappa shape index (κ3) is 9.02. The second-order valence-electron chi connectivity index (χ2n) is 6.95. The van der Waals surface area contributed by atoms with Crippen LogP contribution in [0.25, 0.3) is 5.76 Å². The molecule has 0 radical (unpaired) electrons. The van der Waals surface area contributed by atoms with E-state index in [1.807, 2.05) is 30.3 Å². The van der Waals surface area contributed by atoms with Gasteiger partial charge >= 0.3 is 167 Å². The van der Waals surface area contributed by atoms with Gasteiger partial charge in [0.25, 0.3) is 0 Å². The normalized spacial score (nSPS) is 12.0. The van der Waals surface area contributed by atoms with E-state index in [1.54, 1.807) is 0 Å². The number of hydrogen-bond acceptors (Lipinski definition) is 1. The molecule has 1 aromatic rings. The SMILES string of the molecule is CCC[CH2][Sn]([CH2]/C=C(\[O-])c1ccccc1)([CH2]CCC)[CH2]CCC.[Li+]. The zero-order valence-corrected chi connectivity index (χ0v) is 19.3. The molecule has 0 spiro atoms. The average molecular weight is 429 g/mol. The Morgan fingerprint density at radius 2 is 1.33 bits per heavy atom. The second kappa shape index (κ2) is 14.3. The summed E-state index contributed by atoms with van der Waals surface area (Å²) in [5.74, 6) is 0.246. The minimum atomic E-state index is -2.19. The summed E-state index contributed by atoms with van der Waals surface area (Å²) in [6.07, 6.45) is 10.1. The van der Waals surface area contributed by atoms with Crippen LogP contribution in [0.5, 0.6) is 0 Å². The molecular weight excluding hydrogens is 394 g/mol. The third-order valence-electron chi connectivity index (χ3n) is 4.96. The second-order valence-corrected chi connectivity index (χ2v) is 21.0. The quantitative estimate of drug-likeness (QED) is 0.370. The van der Waals surface area contributed by atoms with Crippen molar-refractivity contribution in [1.82, 2.24) is 0 Å². The fourth-order valence-corrected chi connectivity index (χ4v) is 18.5. The van der Waals surface area contributed by atoms with Crippen molar-refractivity contribution in [1.29, 1.82) is 0 Å². The van der Waals surface area contributed by atoms with Gasteiger partial charge in [0.2, 0.25) is 0 Å². The zero-order chi connectivity index (χ0) is 17.0. The molecule has 130 valence electrons. The van der Waals surface area contributed by atoms with E-state index in [4.69, 9.17) is 0 Å². The predicted octanol–water partition coefficient (Wildman–Crippen LogP) is 3.24. The summed E-state index contributed by atoms with van der Waals surface area (Å²) in [6.45, 7) is 6.90. The first-order chi connectivity index (χ1) is 11.2. The molecule has 1 rings (SSSR count). The zero-order valence-electron chi connectivity index (χ0n) is 16.4. The topological polar surface area (TPSA) is 23.1 Å². The number of allylic oxidation sites excluding steroid dienone is 1. The van der Waals surface area contributed by atoms with E-state index in [9.17, 15) is 5.11 Å². The van der Waals surface area contributed by atoms with E-state index in [-0.39, 0.29) is 24.6 Å². The average Bonchev–Trinajstić information content (AvgIpc) is 2.61. The first-order valence-electron chi connectivity index (χ1n) is 9.60. The number of unbranched alkanes of at least 4 members (excludes halogenated alkanes) is 3. The van der Waals surface area contributed by atoms with Gasteiger partial charge in [-0.05, 0) is 0 Å². The first-order valence-corrected chi connectivity index (χ1v) is 17.7. The van der Waals surface area contributed by atoms with Crippen molar-refractivity contribution < 1.29 is 24.0 Å².